The Morgan fingerprint density at radius 3 is 2.86 bits per heavy atom. The average Bonchev–Trinajstić information content (AvgIpc) is 2.47. The minimum absolute atomic E-state index is 0.0485. The number of halogens is 2. The van der Waals surface area contributed by atoms with Crippen LogP contribution in [-0.4, -0.2) is 21.5 Å². The number of hydrogen-bond acceptors (Lipinski definition) is 4. The second-order valence-electron chi connectivity index (χ2n) is 4.55. The average molecular weight is 328 g/mol. The van der Waals surface area contributed by atoms with E-state index in [-0.39, 0.29) is 24.2 Å². The van der Waals surface area contributed by atoms with E-state index in [1.807, 2.05) is 25.1 Å². The molecule has 2 aromatic rings. The zero-order valence-corrected chi connectivity index (χ0v) is 12.9. The van der Waals surface area contributed by atoms with Crippen LogP contribution in [0.5, 0.6) is 0 Å². The Kier molecular flexibility index (Phi) is 5.22. The molecule has 1 atom stereocenters. The number of rotatable bonds is 5. The van der Waals surface area contributed by atoms with Crippen molar-refractivity contribution < 1.29 is 5.11 Å². The lowest BCUT2D eigenvalue weighted by Gasteiger charge is -2.17. The highest BCUT2D eigenvalue weighted by Gasteiger charge is 2.12. The first kappa shape index (κ1) is 15.8. The molecule has 2 rings (SSSR count). The van der Waals surface area contributed by atoms with E-state index >= 15 is 0 Å². The maximum Gasteiger partial charge on any atom is 0.287 e. The fraction of sp³-hybridized carbons (Fsp3) is 0.286. The summed E-state index contributed by atoms with van der Waals surface area (Å²) in [6.45, 7) is 1.87. The van der Waals surface area contributed by atoms with Gasteiger partial charge in [0.05, 0.1) is 25.0 Å². The van der Waals surface area contributed by atoms with Crippen molar-refractivity contribution in [1.29, 1.82) is 0 Å². The number of aromatic nitrogens is 2. The van der Waals surface area contributed by atoms with Gasteiger partial charge in [-0.15, -0.1) is 0 Å². The predicted octanol–water partition coefficient (Wildman–Crippen LogP) is 2.72. The zero-order valence-electron chi connectivity index (χ0n) is 11.4. The van der Waals surface area contributed by atoms with Crippen LogP contribution < -0.4 is 10.9 Å². The molecule has 0 fully saturated rings. The van der Waals surface area contributed by atoms with Gasteiger partial charge in [-0.1, -0.05) is 35.3 Å². The van der Waals surface area contributed by atoms with Gasteiger partial charge >= 0.3 is 0 Å². The fourth-order valence-electron chi connectivity index (χ4n) is 1.91. The van der Waals surface area contributed by atoms with Gasteiger partial charge in [0.2, 0.25) is 0 Å². The van der Waals surface area contributed by atoms with Crippen LogP contribution in [-0.2, 0) is 6.54 Å². The van der Waals surface area contributed by atoms with E-state index in [1.54, 1.807) is 6.07 Å². The molecule has 0 aliphatic carbocycles. The summed E-state index contributed by atoms with van der Waals surface area (Å²) >= 11 is 12.0. The molecule has 2 N–H and O–H groups in total. The van der Waals surface area contributed by atoms with Crippen molar-refractivity contribution in [2.75, 3.05) is 11.9 Å². The fourth-order valence-corrected chi connectivity index (χ4v) is 2.31. The van der Waals surface area contributed by atoms with E-state index in [9.17, 15) is 4.79 Å². The number of benzene rings is 1. The van der Waals surface area contributed by atoms with Gasteiger partial charge in [0.25, 0.3) is 5.56 Å². The van der Waals surface area contributed by atoms with Crippen LogP contribution in [0.2, 0.25) is 10.0 Å². The molecule has 0 amide bonds. The largest absolute Gasteiger partial charge is 0.394 e. The van der Waals surface area contributed by atoms with Crippen LogP contribution in [0.1, 0.15) is 18.5 Å². The van der Waals surface area contributed by atoms with Crippen molar-refractivity contribution in [3.05, 3.63) is 56.4 Å². The van der Waals surface area contributed by atoms with Gasteiger partial charge in [0.15, 0.2) is 0 Å². The molecule has 0 aliphatic heterocycles. The molecule has 1 unspecified atom stereocenters. The number of aliphatic hydroxyl groups excluding tert-OH is 1. The highest BCUT2D eigenvalue weighted by Crippen LogP contribution is 2.24. The Morgan fingerprint density at radius 1 is 1.43 bits per heavy atom. The first-order valence-corrected chi connectivity index (χ1v) is 7.17. The first-order chi connectivity index (χ1) is 10.0. The van der Waals surface area contributed by atoms with E-state index in [1.165, 1.54) is 6.20 Å². The van der Waals surface area contributed by atoms with E-state index in [4.69, 9.17) is 28.3 Å². The van der Waals surface area contributed by atoms with Gasteiger partial charge in [-0.25, -0.2) is 4.68 Å². The van der Waals surface area contributed by atoms with Gasteiger partial charge < -0.3 is 10.4 Å². The third-order valence-electron chi connectivity index (χ3n) is 3.02. The number of nitrogens with zero attached hydrogens (tertiary/aromatic N) is 2. The van der Waals surface area contributed by atoms with Gasteiger partial charge in [0.1, 0.15) is 5.02 Å². The van der Waals surface area contributed by atoms with E-state index in [0.717, 1.165) is 10.2 Å². The van der Waals surface area contributed by atoms with E-state index in [2.05, 4.69) is 10.4 Å². The van der Waals surface area contributed by atoms with E-state index in [0.29, 0.717) is 10.7 Å². The molecule has 7 heteroatoms. The minimum Gasteiger partial charge on any atom is -0.394 e. The summed E-state index contributed by atoms with van der Waals surface area (Å²) in [5, 5.41) is 16.6. The van der Waals surface area contributed by atoms with Crippen LogP contribution in [0.15, 0.2) is 35.3 Å². The molecule has 1 heterocycles. The van der Waals surface area contributed by atoms with Crippen LogP contribution in [0.3, 0.4) is 0 Å². The van der Waals surface area contributed by atoms with Gasteiger partial charge in [0, 0.05) is 11.1 Å². The summed E-state index contributed by atoms with van der Waals surface area (Å²) in [7, 11) is 0. The van der Waals surface area contributed by atoms with Crippen LogP contribution in [0.4, 0.5) is 5.69 Å². The standard InChI is InChI=1S/C14H15Cl2N3O2/c1-9(10-3-2-4-11(15)7-10)18-12-8-17-19(5-6-20)14(21)13(12)16/h2-4,7-9,18,20H,5-6H2,1H3. The molecule has 0 aliphatic rings. The van der Waals surface area contributed by atoms with Crippen molar-refractivity contribution in [3.63, 3.8) is 0 Å². The quantitative estimate of drug-likeness (QED) is 0.886. The molecule has 21 heavy (non-hydrogen) atoms. The molecule has 0 saturated carbocycles. The van der Waals surface area contributed by atoms with Crippen LogP contribution in [0.25, 0.3) is 0 Å². The van der Waals surface area contributed by atoms with Crippen molar-refractivity contribution in [2.45, 2.75) is 19.5 Å². The third kappa shape index (κ3) is 3.75. The molecule has 5 nitrogen and oxygen atoms in total. The Hall–Kier alpha value is -1.56. The molecule has 0 bridgehead atoms. The summed E-state index contributed by atoms with van der Waals surface area (Å²) in [6.07, 6.45) is 1.47. The SMILES string of the molecule is CC(Nc1cnn(CCO)c(=O)c1Cl)c1cccc(Cl)c1. The maximum absolute atomic E-state index is 11.9. The molecule has 1 aromatic heterocycles. The zero-order chi connectivity index (χ0) is 15.4. The summed E-state index contributed by atoms with van der Waals surface area (Å²) in [5.74, 6) is 0. The molecular weight excluding hydrogens is 313 g/mol. The second kappa shape index (κ2) is 6.93. The van der Waals surface area contributed by atoms with Gasteiger partial charge in [-0.2, -0.15) is 5.10 Å². The monoisotopic (exact) mass is 327 g/mol. The second-order valence-corrected chi connectivity index (χ2v) is 5.36. The molecular formula is C14H15Cl2N3O2. The maximum atomic E-state index is 11.9. The molecule has 0 spiro atoms. The van der Waals surface area contributed by atoms with Crippen molar-refractivity contribution >= 4 is 28.9 Å². The number of nitrogens with one attached hydrogen (secondary N) is 1. The third-order valence-corrected chi connectivity index (χ3v) is 3.62. The lowest BCUT2D eigenvalue weighted by atomic mass is 10.1. The Balaban J connectivity index is 2.24. The first-order valence-electron chi connectivity index (χ1n) is 6.41. The highest BCUT2D eigenvalue weighted by atomic mass is 35.5. The highest BCUT2D eigenvalue weighted by molar-refractivity contribution is 6.33. The number of aliphatic hydroxyl groups is 1. The Labute approximate surface area is 132 Å². The van der Waals surface area contributed by atoms with Gasteiger partial charge in [-0.3, -0.25) is 4.79 Å². The summed E-state index contributed by atoms with van der Waals surface area (Å²) in [5.41, 5.74) is 0.982. The van der Waals surface area contributed by atoms with Crippen LogP contribution in [0, 0.1) is 0 Å². The minimum atomic E-state index is -0.436. The number of anilines is 1. The topological polar surface area (TPSA) is 67.2 Å². The number of hydrogen-bond donors (Lipinski definition) is 2. The van der Waals surface area contributed by atoms with Gasteiger partial charge in [-0.05, 0) is 24.6 Å². The van der Waals surface area contributed by atoms with Crippen molar-refractivity contribution in [2.24, 2.45) is 0 Å². The van der Waals surface area contributed by atoms with Crippen molar-refractivity contribution in [1.82, 2.24) is 9.78 Å². The molecule has 1 aromatic carbocycles. The normalized spacial score (nSPS) is 12.2. The Bertz CT molecular complexity index is 688. The molecule has 0 radical (unpaired) electrons. The van der Waals surface area contributed by atoms with Crippen LogP contribution >= 0.6 is 23.2 Å². The molecule has 0 saturated heterocycles. The summed E-state index contributed by atoms with van der Waals surface area (Å²) < 4.78 is 1.12. The van der Waals surface area contributed by atoms with Crippen molar-refractivity contribution in [3.8, 4) is 0 Å². The Morgan fingerprint density at radius 2 is 2.19 bits per heavy atom. The summed E-state index contributed by atoms with van der Waals surface area (Å²) in [4.78, 5) is 11.9. The smallest absolute Gasteiger partial charge is 0.287 e. The lowest BCUT2D eigenvalue weighted by molar-refractivity contribution is 0.266. The lowest BCUT2D eigenvalue weighted by Crippen LogP contribution is -2.26. The predicted molar refractivity (Wildman–Crippen MR) is 84.1 cm³/mol. The van der Waals surface area contributed by atoms with E-state index < -0.39 is 5.56 Å². The molecule has 112 valence electrons. The summed E-state index contributed by atoms with van der Waals surface area (Å²) in [6, 6.07) is 7.33.